The fraction of sp³-hybridized carbons (Fsp3) is 0.368. The Morgan fingerprint density at radius 3 is 2.50 bits per heavy atom. The van der Waals surface area contributed by atoms with Crippen LogP contribution in [0.5, 0.6) is 0 Å². The Hall–Kier alpha value is -2.44. The molecule has 1 heterocycles. The number of pyridine rings is 1. The molecule has 0 saturated heterocycles. The number of amides is 1. The van der Waals surface area contributed by atoms with E-state index in [1.54, 1.807) is 0 Å². The van der Waals surface area contributed by atoms with Crippen LogP contribution in [0, 0.1) is 11.6 Å². The predicted molar refractivity (Wildman–Crippen MR) is 90.0 cm³/mol. The molecule has 1 amide bonds. The summed E-state index contributed by atoms with van der Waals surface area (Å²) in [6.45, 7) is 1.29. The van der Waals surface area contributed by atoms with Gasteiger partial charge in [0.25, 0.3) is 0 Å². The largest absolute Gasteiger partial charge is 0.324 e. The maximum absolute atomic E-state index is 14.2. The van der Waals surface area contributed by atoms with Gasteiger partial charge >= 0.3 is 0 Å². The minimum Gasteiger partial charge on any atom is -0.324 e. The van der Waals surface area contributed by atoms with Crippen molar-refractivity contribution in [2.45, 2.75) is 44.4 Å². The van der Waals surface area contributed by atoms with Gasteiger partial charge in [0.05, 0.1) is 11.4 Å². The van der Waals surface area contributed by atoms with E-state index in [2.05, 4.69) is 10.3 Å². The lowest BCUT2D eigenvalue weighted by Gasteiger charge is -2.29. The van der Waals surface area contributed by atoms with E-state index in [0.29, 0.717) is 5.69 Å². The molecule has 0 spiro atoms. The quantitative estimate of drug-likeness (QED) is 0.751. The molecule has 1 fully saturated rings. The second-order valence-electron chi connectivity index (χ2n) is 6.55. The van der Waals surface area contributed by atoms with Gasteiger partial charge in [-0.3, -0.25) is 9.78 Å². The topological polar surface area (TPSA) is 42.0 Å². The number of nitrogens with zero attached hydrogens (tertiary/aromatic N) is 1. The van der Waals surface area contributed by atoms with Crippen molar-refractivity contribution in [3.8, 4) is 11.1 Å². The van der Waals surface area contributed by atoms with Crippen molar-refractivity contribution in [1.82, 2.24) is 4.98 Å². The number of benzene rings is 1. The Labute approximate surface area is 148 Å². The molecule has 1 aliphatic rings. The Bertz CT molecular complexity index is 828. The van der Waals surface area contributed by atoms with Gasteiger partial charge in [0.2, 0.25) is 11.8 Å². The molecule has 1 aromatic heterocycles. The van der Waals surface area contributed by atoms with E-state index in [0.717, 1.165) is 18.2 Å². The van der Waals surface area contributed by atoms with E-state index in [1.165, 1.54) is 19.2 Å². The molecule has 3 rings (SSSR count). The lowest BCUT2D eigenvalue weighted by molar-refractivity contribution is -0.114. The summed E-state index contributed by atoms with van der Waals surface area (Å²) >= 11 is 0. The molecule has 1 aromatic carbocycles. The van der Waals surface area contributed by atoms with Gasteiger partial charge in [-0.05, 0) is 37.1 Å². The Kier molecular flexibility index (Phi) is 4.98. The molecule has 1 N–H and O–H groups in total. The summed E-state index contributed by atoms with van der Waals surface area (Å²) in [5, 5.41) is 2.63. The summed E-state index contributed by atoms with van der Waals surface area (Å²) in [6.07, 6.45) is 1.31. The van der Waals surface area contributed by atoms with E-state index in [-0.39, 0.29) is 48.4 Å². The highest BCUT2D eigenvalue weighted by atomic mass is 19.3. The third-order valence-corrected chi connectivity index (χ3v) is 4.60. The zero-order valence-corrected chi connectivity index (χ0v) is 14.2. The van der Waals surface area contributed by atoms with Crippen molar-refractivity contribution >= 4 is 11.6 Å². The van der Waals surface area contributed by atoms with Gasteiger partial charge in [0.1, 0.15) is 11.6 Å². The lowest BCUT2D eigenvalue weighted by Crippen LogP contribution is -2.25. The number of hydrogen-bond acceptors (Lipinski definition) is 2. The maximum atomic E-state index is 14.2. The van der Waals surface area contributed by atoms with Gasteiger partial charge in [0, 0.05) is 43.0 Å². The minimum atomic E-state index is -2.70. The predicted octanol–water partition coefficient (Wildman–Crippen LogP) is 5.28. The molecule has 0 unspecified atom stereocenters. The number of alkyl halides is 2. The number of anilines is 1. The molecule has 138 valence electrons. The molecule has 0 bridgehead atoms. The molecule has 7 heteroatoms. The molecule has 0 aliphatic heterocycles. The van der Waals surface area contributed by atoms with Crippen molar-refractivity contribution in [2.75, 3.05) is 5.32 Å². The number of hydrogen-bond donors (Lipinski definition) is 1. The summed E-state index contributed by atoms with van der Waals surface area (Å²) in [5.41, 5.74) is 0.939. The van der Waals surface area contributed by atoms with Crippen molar-refractivity contribution in [2.24, 2.45) is 0 Å². The number of nitrogens with one attached hydrogen (secondary N) is 1. The standard InChI is InChI=1S/C19H18F4N2O/c1-11(26)25-18-14(15-10-13(20)2-3-16(15)21)6-9-24-17(18)12-4-7-19(22,23)8-5-12/h2-3,6,9-10,12H,4-5,7-8H2,1H3,(H,25,26). The summed E-state index contributed by atoms with van der Waals surface area (Å²) in [5.74, 6) is -4.65. The third kappa shape index (κ3) is 3.86. The summed E-state index contributed by atoms with van der Waals surface area (Å²) in [7, 11) is 0. The Balaban J connectivity index is 2.08. The van der Waals surface area contributed by atoms with Gasteiger partial charge in [-0.25, -0.2) is 17.6 Å². The first-order chi connectivity index (χ1) is 12.3. The molecule has 0 radical (unpaired) electrons. The highest BCUT2D eigenvalue weighted by Crippen LogP contribution is 2.44. The SMILES string of the molecule is CC(=O)Nc1c(-c2cc(F)ccc2F)ccnc1C1CCC(F)(F)CC1. The van der Waals surface area contributed by atoms with E-state index in [9.17, 15) is 22.4 Å². The van der Waals surface area contributed by atoms with Crippen LogP contribution in [0.15, 0.2) is 30.5 Å². The highest BCUT2D eigenvalue weighted by molar-refractivity contribution is 5.95. The van der Waals surface area contributed by atoms with Gasteiger partial charge in [-0.1, -0.05) is 0 Å². The van der Waals surface area contributed by atoms with Crippen LogP contribution in [-0.4, -0.2) is 16.8 Å². The molecule has 1 aliphatic carbocycles. The van der Waals surface area contributed by atoms with Crippen molar-refractivity contribution in [3.63, 3.8) is 0 Å². The van der Waals surface area contributed by atoms with Crippen LogP contribution in [0.4, 0.5) is 23.2 Å². The van der Waals surface area contributed by atoms with E-state index < -0.39 is 23.5 Å². The number of carbonyl (C=O) groups excluding carboxylic acids is 1. The summed E-state index contributed by atoms with van der Waals surface area (Å²) in [6, 6.07) is 4.52. The van der Waals surface area contributed by atoms with Crippen LogP contribution >= 0.6 is 0 Å². The van der Waals surface area contributed by atoms with Gasteiger partial charge in [-0.2, -0.15) is 0 Å². The van der Waals surface area contributed by atoms with E-state index in [4.69, 9.17) is 0 Å². The van der Waals surface area contributed by atoms with E-state index in [1.807, 2.05) is 0 Å². The second-order valence-corrected chi connectivity index (χ2v) is 6.55. The molecule has 2 aromatic rings. The monoisotopic (exact) mass is 366 g/mol. The molecule has 26 heavy (non-hydrogen) atoms. The average molecular weight is 366 g/mol. The average Bonchev–Trinajstić information content (AvgIpc) is 2.57. The molecule has 3 nitrogen and oxygen atoms in total. The van der Waals surface area contributed by atoms with Crippen LogP contribution in [0.2, 0.25) is 0 Å². The van der Waals surface area contributed by atoms with Gasteiger partial charge in [0.15, 0.2) is 0 Å². The molecular formula is C19H18F4N2O. The number of carbonyl (C=O) groups is 1. The fourth-order valence-electron chi connectivity index (χ4n) is 3.34. The fourth-order valence-corrected chi connectivity index (χ4v) is 3.34. The van der Waals surface area contributed by atoms with Gasteiger partial charge in [-0.15, -0.1) is 0 Å². The molecule has 1 saturated carbocycles. The highest BCUT2D eigenvalue weighted by Gasteiger charge is 2.37. The maximum Gasteiger partial charge on any atom is 0.248 e. The zero-order chi connectivity index (χ0) is 18.9. The van der Waals surface area contributed by atoms with Crippen LogP contribution < -0.4 is 5.32 Å². The van der Waals surface area contributed by atoms with Crippen molar-refractivity contribution < 1.29 is 22.4 Å². The van der Waals surface area contributed by atoms with Crippen LogP contribution in [0.1, 0.15) is 44.2 Å². The lowest BCUT2D eigenvalue weighted by atomic mass is 9.83. The summed E-state index contributed by atoms with van der Waals surface area (Å²) in [4.78, 5) is 15.9. The Morgan fingerprint density at radius 1 is 1.15 bits per heavy atom. The number of halogens is 4. The minimum absolute atomic E-state index is 0.0152. The number of aromatic nitrogens is 1. The Morgan fingerprint density at radius 2 is 1.85 bits per heavy atom. The number of rotatable bonds is 3. The second kappa shape index (κ2) is 7.05. The van der Waals surface area contributed by atoms with Gasteiger partial charge < -0.3 is 5.32 Å². The third-order valence-electron chi connectivity index (χ3n) is 4.60. The molecular weight excluding hydrogens is 348 g/mol. The zero-order valence-electron chi connectivity index (χ0n) is 14.2. The first kappa shape index (κ1) is 18.4. The van der Waals surface area contributed by atoms with Crippen molar-refractivity contribution in [3.05, 3.63) is 47.8 Å². The van der Waals surface area contributed by atoms with Crippen LogP contribution in [-0.2, 0) is 4.79 Å². The smallest absolute Gasteiger partial charge is 0.248 e. The van der Waals surface area contributed by atoms with E-state index >= 15 is 0 Å². The normalized spacial score (nSPS) is 17.1. The molecule has 0 atom stereocenters. The first-order valence-electron chi connectivity index (χ1n) is 8.36. The summed E-state index contributed by atoms with van der Waals surface area (Å²) < 4.78 is 54.8. The van der Waals surface area contributed by atoms with Crippen molar-refractivity contribution in [1.29, 1.82) is 0 Å². The van der Waals surface area contributed by atoms with Crippen LogP contribution in [0.3, 0.4) is 0 Å². The first-order valence-corrected chi connectivity index (χ1v) is 8.36. The van der Waals surface area contributed by atoms with Crippen LogP contribution in [0.25, 0.3) is 11.1 Å².